The number of aliphatic hydroxyl groups is 1. The lowest BCUT2D eigenvalue weighted by atomic mass is 9.96. The number of likely N-dealkylation sites (N-methyl/N-ethyl adjacent to an activating group) is 1. The maximum absolute atomic E-state index is 12.7. The number of allylic oxidation sites excluding steroid dienone is 4. The first-order chi connectivity index (χ1) is 13.7. The predicted octanol–water partition coefficient (Wildman–Crippen LogP) is 1.28. The van der Waals surface area contributed by atoms with Crippen LogP contribution in [-0.2, 0) is 11.4 Å². The molecular weight excluding hydrogens is 370 g/mol. The van der Waals surface area contributed by atoms with Crippen LogP contribution in [-0.4, -0.2) is 51.7 Å². The largest absolute Gasteiger partial charge is 0.410 e. The maximum Gasteiger partial charge on any atom is 0.269 e. The van der Waals surface area contributed by atoms with Crippen LogP contribution in [0.25, 0.3) is 0 Å². The quantitative estimate of drug-likeness (QED) is 0.792. The van der Waals surface area contributed by atoms with E-state index in [0.717, 1.165) is 28.3 Å². The van der Waals surface area contributed by atoms with E-state index in [1.165, 1.54) is 4.68 Å². The van der Waals surface area contributed by atoms with E-state index in [-0.39, 0.29) is 11.6 Å². The summed E-state index contributed by atoms with van der Waals surface area (Å²) in [6.45, 7) is 7.05. The van der Waals surface area contributed by atoms with E-state index in [4.69, 9.17) is 4.84 Å². The van der Waals surface area contributed by atoms with E-state index in [0.29, 0.717) is 19.6 Å². The van der Waals surface area contributed by atoms with Gasteiger partial charge in [0.15, 0.2) is 0 Å². The van der Waals surface area contributed by atoms with Gasteiger partial charge in [-0.2, -0.15) is 5.10 Å². The van der Waals surface area contributed by atoms with Crippen LogP contribution in [0.2, 0.25) is 0 Å². The molecule has 1 aromatic rings. The van der Waals surface area contributed by atoms with Gasteiger partial charge < -0.3 is 20.2 Å². The van der Waals surface area contributed by atoms with Crippen molar-refractivity contribution in [2.75, 3.05) is 25.0 Å². The molecule has 8 heteroatoms. The molecule has 4 rings (SSSR count). The topological polar surface area (TPSA) is 82.9 Å². The van der Waals surface area contributed by atoms with Gasteiger partial charge in [0, 0.05) is 43.7 Å². The Labute approximate surface area is 170 Å². The Hall–Kier alpha value is -2.84. The molecule has 0 aromatic carbocycles. The van der Waals surface area contributed by atoms with Gasteiger partial charge in [-0.25, -0.2) is 4.68 Å². The molecule has 154 valence electrons. The minimum absolute atomic E-state index is 0.103. The van der Waals surface area contributed by atoms with Crippen LogP contribution in [0.5, 0.6) is 0 Å². The Balaban J connectivity index is 1.58. The summed E-state index contributed by atoms with van der Waals surface area (Å²) < 4.78 is 1.45. The Kier molecular flexibility index (Phi) is 4.84. The lowest BCUT2D eigenvalue weighted by molar-refractivity contribution is -0.0846. The molecule has 0 spiro atoms. The van der Waals surface area contributed by atoms with Gasteiger partial charge in [0.05, 0.1) is 30.1 Å². The molecule has 0 radical (unpaired) electrons. The molecule has 1 atom stereocenters. The number of nitrogens with one attached hydrogen (secondary N) is 1. The summed E-state index contributed by atoms with van der Waals surface area (Å²) in [5.41, 5.74) is 2.98. The molecule has 0 saturated carbocycles. The highest BCUT2D eigenvalue weighted by Gasteiger charge is 2.37. The van der Waals surface area contributed by atoms with Crippen LogP contribution < -0.4 is 15.8 Å². The predicted molar refractivity (Wildman–Crippen MR) is 111 cm³/mol. The molecule has 1 aromatic heterocycles. The van der Waals surface area contributed by atoms with Crippen LogP contribution in [0.4, 0.5) is 5.69 Å². The van der Waals surface area contributed by atoms with Crippen LogP contribution >= 0.6 is 0 Å². The molecule has 0 aliphatic carbocycles. The summed E-state index contributed by atoms with van der Waals surface area (Å²) in [5.74, 6) is 0.779. The highest BCUT2D eigenvalue weighted by Crippen LogP contribution is 2.32. The number of aromatic nitrogens is 2. The van der Waals surface area contributed by atoms with Crippen molar-refractivity contribution in [3.63, 3.8) is 0 Å². The van der Waals surface area contributed by atoms with Gasteiger partial charge >= 0.3 is 0 Å². The van der Waals surface area contributed by atoms with Crippen molar-refractivity contribution in [3.8, 4) is 0 Å². The average molecular weight is 397 g/mol. The Morgan fingerprint density at radius 2 is 2.10 bits per heavy atom. The van der Waals surface area contributed by atoms with E-state index in [9.17, 15) is 9.90 Å². The van der Waals surface area contributed by atoms with Crippen molar-refractivity contribution in [3.05, 3.63) is 69.6 Å². The molecule has 1 unspecified atom stereocenters. The fourth-order valence-electron chi connectivity index (χ4n) is 3.96. The third-order valence-electron chi connectivity index (χ3n) is 5.46. The third-order valence-corrected chi connectivity index (χ3v) is 5.46. The zero-order valence-electron chi connectivity index (χ0n) is 17.2. The molecule has 29 heavy (non-hydrogen) atoms. The normalized spacial score (nSPS) is 23.8. The fourth-order valence-corrected chi connectivity index (χ4v) is 3.96. The second-order valence-corrected chi connectivity index (χ2v) is 8.18. The molecule has 4 heterocycles. The van der Waals surface area contributed by atoms with Gasteiger partial charge in [-0.05, 0) is 38.5 Å². The second-order valence-electron chi connectivity index (χ2n) is 8.18. The number of β-amino-alcohol motifs (C(OH)–C–C–N with tert-alkyl or cyclic N) is 1. The molecular formula is C21H27N5O3. The van der Waals surface area contributed by atoms with Crippen LogP contribution in [0.15, 0.2) is 64.1 Å². The van der Waals surface area contributed by atoms with Crippen molar-refractivity contribution >= 4 is 5.69 Å². The highest BCUT2D eigenvalue weighted by atomic mass is 16.7. The van der Waals surface area contributed by atoms with Gasteiger partial charge in [0.2, 0.25) is 0 Å². The van der Waals surface area contributed by atoms with Crippen LogP contribution in [0.1, 0.15) is 20.8 Å². The second kappa shape index (κ2) is 7.20. The van der Waals surface area contributed by atoms with Crippen molar-refractivity contribution < 1.29 is 9.94 Å². The summed E-state index contributed by atoms with van der Waals surface area (Å²) in [6.07, 6.45) is 9.69. The standard InChI is InChI=1S/C21H27N5O3/c1-14-5-6-16(7-8-22-14)20-18(15(2)29-24(20)4)11-26-19(27)9-17(10-23-26)25-12-21(3,28)13-25/h5-10,20,22,28H,11-13H2,1-4H3. The Morgan fingerprint density at radius 1 is 1.34 bits per heavy atom. The summed E-state index contributed by atoms with van der Waals surface area (Å²) in [7, 11) is 1.89. The molecule has 0 amide bonds. The number of anilines is 1. The first-order valence-corrected chi connectivity index (χ1v) is 9.70. The van der Waals surface area contributed by atoms with Crippen LogP contribution in [0.3, 0.4) is 0 Å². The van der Waals surface area contributed by atoms with Crippen molar-refractivity contribution in [2.45, 2.75) is 39.0 Å². The minimum atomic E-state index is -0.697. The Morgan fingerprint density at radius 3 is 2.79 bits per heavy atom. The summed E-state index contributed by atoms with van der Waals surface area (Å²) in [6, 6.07) is 1.47. The fraction of sp³-hybridized carbons (Fsp3) is 0.429. The van der Waals surface area contributed by atoms with E-state index in [1.54, 1.807) is 24.3 Å². The van der Waals surface area contributed by atoms with Gasteiger partial charge in [0.1, 0.15) is 5.76 Å². The summed E-state index contributed by atoms with van der Waals surface area (Å²) in [4.78, 5) is 20.5. The van der Waals surface area contributed by atoms with E-state index in [1.807, 2.05) is 44.1 Å². The number of nitrogens with zero attached hydrogens (tertiary/aromatic N) is 4. The van der Waals surface area contributed by atoms with Gasteiger partial charge in [0.25, 0.3) is 5.56 Å². The van der Waals surface area contributed by atoms with Crippen LogP contribution in [0, 0.1) is 0 Å². The maximum atomic E-state index is 12.7. The van der Waals surface area contributed by atoms with Gasteiger partial charge in [-0.15, -0.1) is 5.06 Å². The first kappa shape index (κ1) is 19.5. The minimum Gasteiger partial charge on any atom is -0.410 e. The molecule has 3 aliphatic heterocycles. The highest BCUT2D eigenvalue weighted by molar-refractivity contribution is 5.47. The van der Waals surface area contributed by atoms with E-state index in [2.05, 4.69) is 16.5 Å². The third kappa shape index (κ3) is 3.86. The Bertz CT molecular complexity index is 994. The lowest BCUT2D eigenvalue weighted by Gasteiger charge is -2.45. The summed E-state index contributed by atoms with van der Waals surface area (Å²) >= 11 is 0. The molecule has 2 N–H and O–H groups in total. The van der Waals surface area contributed by atoms with E-state index >= 15 is 0 Å². The van der Waals surface area contributed by atoms with E-state index < -0.39 is 5.60 Å². The number of hydroxylamine groups is 2. The molecule has 1 saturated heterocycles. The lowest BCUT2D eigenvalue weighted by Crippen LogP contribution is -2.60. The van der Waals surface area contributed by atoms with Crippen molar-refractivity contribution in [1.29, 1.82) is 0 Å². The SMILES string of the molecule is CC1=CC=C(C2C(Cn3ncc(N4CC(C)(O)C4)cc3=O)=C(C)ON2C)C=CN1. The molecule has 1 fully saturated rings. The number of hydrogen-bond donors (Lipinski definition) is 2. The zero-order chi connectivity index (χ0) is 20.8. The van der Waals surface area contributed by atoms with Gasteiger partial charge in [-0.3, -0.25) is 4.79 Å². The summed E-state index contributed by atoms with van der Waals surface area (Å²) in [5, 5.41) is 19.3. The van der Waals surface area contributed by atoms with Crippen molar-refractivity contribution in [1.82, 2.24) is 20.2 Å². The molecule has 3 aliphatic rings. The monoisotopic (exact) mass is 397 g/mol. The van der Waals surface area contributed by atoms with Crippen molar-refractivity contribution in [2.24, 2.45) is 0 Å². The number of hydrogen-bond acceptors (Lipinski definition) is 7. The first-order valence-electron chi connectivity index (χ1n) is 9.70. The molecule has 0 bridgehead atoms. The van der Waals surface area contributed by atoms with Gasteiger partial charge in [-0.1, -0.05) is 6.08 Å². The smallest absolute Gasteiger partial charge is 0.269 e. The number of rotatable bonds is 4. The molecule has 8 nitrogen and oxygen atoms in total. The zero-order valence-corrected chi connectivity index (χ0v) is 17.2. The average Bonchev–Trinajstić information content (AvgIpc) is 2.78.